The minimum Gasteiger partial charge on any atom is -0.481 e. The molecule has 1 aliphatic rings. The van der Waals surface area contributed by atoms with Crippen LogP contribution >= 0.6 is 0 Å². The third-order valence-electron chi connectivity index (χ3n) is 3.95. The van der Waals surface area contributed by atoms with Gasteiger partial charge in [0.1, 0.15) is 0 Å². The molecule has 0 unspecified atom stereocenters. The summed E-state index contributed by atoms with van der Waals surface area (Å²) >= 11 is 0. The van der Waals surface area contributed by atoms with Crippen molar-refractivity contribution in [2.75, 3.05) is 19.6 Å². The lowest BCUT2D eigenvalue weighted by molar-refractivity contribution is -0.137. The number of carbonyl (C=O) groups is 1. The van der Waals surface area contributed by atoms with Crippen LogP contribution in [-0.4, -0.2) is 51.9 Å². The molecule has 2 N–H and O–H groups in total. The zero-order valence-electron chi connectivity index (χ0n) is 13.7. The normalized spacial score (nSPS) is 16.6. The molecule has 0 bridgehead atoms. The predicted molar refractivity (Wildman–Crippen MR) is 91.1 cm³/mol. The highest BCUT2D eigenvalue weighted by Crippen LogP contribution is 2.21. The Hall–Kier alpha value is -1.49. The second-order valence-corrected chi connectivity index (χ2v) is 9.54. The van der Waals surface area contributed by atoms with Crippen molar-refractivity contribution in [2.45, 2.75) is 41.9 Å². The predicted octanol–water partition coefficient (Wildman–Crippen LogP) is 1.00. The van der Waals surface area contributed by atoms with E-state index < -0.39 is 26.0 Å². The van der Waals surface area contributed by atoms with Crippen molar-refractivity contribution in [2.24, 2.45) is 0 Å². The Morgan fingerprint density at radius 3 is 2.12 bits per heavy atom. The minimum absolute atomic E-state index is 0.00244. The summed E-state index contributed by atoms with van der Waals surface area (Å²) in [7, 11) is -7.40. The van der Waals surface area contributed by atoms with Crippen LogP contribution in [0, 0.1) is 0 Å². The van der Waals surface area contributed by atoms with Crippen molar-refractivity contribution >= 4 is 26.0 Å². The van der Waals surface area contributed by atoms with Crippen LogP contribution in [0.5, 0.6) is 0 Å². The summed E-state index contributed by atoms with van der Waals surface area (Å²) in [5.41, 5.74) is 0. The zero-order valence-corrected chi connectivity index (χ0v) is 15.4. The maximum atomic E-state index is 12.5. The van der Waals surface area contributed by atoms with Gasteiger partial charge in [-0.05, 0) is 43.5 Å². The maximum Gasteiger partial charge on any atom is 0.303 e. The number of hydrogen-bond donors (Lipinski definition) is 2. The highest BCUT2D eigenvalue weighted by Gasteiger charge is 2.26. The Labute approximate surface area is 147 Å². The number of aliphatic carboxylic acids is 1. The van der Waals surface area contributed by atoms with Crippen LogP contribution < -0.4 is 4.72 Å². The first-order valence-corrected chi connectivity index (χ1v) is 11.0. The summed E-state index contributed by atoms with van der Waals surface area (Å²) in [5.74, 6) is -0.994. The van der Waals surface area contributed by atoms with Crippen LogP contribution in [0.2, 0.25) is 0 Å². The third kappa shape index (κ3) is 5.24. The van der Waals surface area contributed by atoms with E-state index in [-0.39, 0.29) is 29.2 Å². The molecular weight excluding hydrogens is 368 g/mol. The van der Waals surface area contributed by atoms with Crippen LogP contribution in [0.15, 0.2) is 34.1 Å². The quantitative estimate of drug-likeness (QED) is 0.639. The summed E-state index contributed by atoms with van der Waals surface area (Å²) < 4.78 is 53.0. The van der Waals surface area contributed by atoms with Crippen molar-refractivity contribution in [3.05, 3.63) is 24.3 Å². The van der Waals surface area contributed by atoms with Gasteiger partial charge in [0, 0.05) is 26.1 Å². The van der Waals surface area contributed by atoms with Crippen molar-refractivity contribution in [1.82, 2.24) is 9.03 Å². The van der Waals surface area contributed by atoms with Gasteiger partial charge in [0.15, 0.2) is 0 Å². The molecule has 10 heteroatoms. The number of piperidine rings is 1. The van der Waals surface area contributed by atoms with Crippen LogP contribution in [-0.2, 0) is 24.8 Å². The van der Waals surface area contributed by atoms with E-state index >= 15 is 0 Å². The number of rotatable bonds is 8. The van der Waals surface area contributed by atoms with Crippen LogP contribution in [0.3, 0.4) is 0 Å². The van der Waals surface area contributed by atoms with Crippen molar-refractivity contribution in [3.8, 4) is 0 Å². The lowest BCUT2D eigenvalue weighted by Gasteiger charge is -2.25. The number of hydrogen-bond acceptors (Lipinski definition) is 5. The largest absolute Gasteiger partial charge is 0.481 e. The van der Waals surface area contributed by atoms with Gasteiger partial charge in [-0.15, -0.1) is 0 Å². The molecule has 8 nitrogen and oxygen atoms in total. The fourth-order valence-electron chi connectivity index (χ4n) is 2.57. The molecule has 1 saturated heterocycles. The summed E-state index contributed by atoms with van der Waals surface area (Å²) in [6.45, 7) is 0.962. The first-order chi connectivity index (χ1) is 11.7. The van der Waals surface area contributed by atoms with E-state index in [9.17, 15) is 21.6 Å². The standard InChI is InChI=1S/C15H22N2O6S2/c18-15(19)5-4-10-16-24(20,21)13-6-8-14(9-7-13)25(22,23)17-11-2-1-3-12-17/h6-9,16H,1-5,10-12H2,(H,18,19). The number of carboxylic acids is 1. The molecule has 0 radical (unpaired) electrons. The van der Waals surface area contributed by atoms with E-state index in [0.717, 1.165) is 19.3 Å². The molecule has 0 aromatic heterocycles. The molecule has 2 rings (SSSR count). The SMILES string of the molecule is O=C(O)CCCNS(=O)(=O)c1ccc(S(=O)(=O)N2CCCCC2)cc1. The van der Waals surface area contributed by atoms with Gasteiger partial charge < -0.3 is 5.11 Å². The van der Waals surface area contributed by atoms with Crippen LogP contribution in [0.4, 0.5) is 0 Å². The number of carboxylic acid groups (broad SMARTS) is 1. The Kier molecular flexibility index (Phi) is 6.55. The molecule has 1 aliphatic heterocycles. The topological polar surface area (TPSA) is 121 Å². The molecule has 0 saturated carbocycles. The van der Waals surface area contributed by atoms with Crippen molar-refractivity contribution in [1.29, 1.82) is 0 Å². The van der Waals surface area contributed by atoms with Gasteiger partial charge in [-0.25, -0.2) is 21.6 Å². The molecule has 0 amide bonds. The third-order valence-corrected chi connectivity index (χ3v) is 7.34. The molecular formula is C15H22N2O6S2. The highest BCUT2D eigenvalue weighted by atomic mass is 32.2. The fraction of sp³-hybridized carbons (Fsp3) is 0.533. The average Bonchev–Trinajstić information content (AvgIpc) is 2.59. The second kappa shape index (κ2) is 8.26. The van der Waals surface area contributed by atoms with Gasteiger partial charge in [0.25, 0.3) is 0 Å². The first-order valence-electron chi connectivity index (χ1n) is 8.05. The van der Waals surface area contributed by atoms with Gasteiger partial charge in [-0.2, -0.15) is 4.31 Å². The Bertz CT molecular complexity index is 797. The molecule has 1 aromatic carbocycles. The molecule has 1 fully saturated rings. The van der Waals surface area contributed by atoms with Crippen LogP contribution in [0.25, 0.3) is 0 Å². The monoisotopic (exact) mass is 390 g/mol. The van der Waals surface area contributed by atoms with E-state index in [1.165, 1.54) is 28.6 Å². The molecule has 0 atom stereocenters. The van der Waals surface area contributed by atoms with E-state index in [2.05, 4.69) is 4.72 Å². The van der Waals surface area contributed by atoms with E-state index in [1.807, 2.05) is 0 Å². The van der Waals surface area contributed by atoms with Gasteiger partial charge in [0.2, 0.25) is 20.0 Å². The first kappa shape index (κ1) is 19.8. The average molecular weight is 390 g/mol. The summed E-state index contributed by atoms with van der Waals surface area (Å²) in [4.78, 5) is 10.4. The number of nitrogens with one attached hydrogen (secondary N) is 1. The number of sulfonamides is 2. The highest BCUT2D eigenvalue weighted by molar-refractivity contribution is 7.89. The number of nitrogens with zero attached hydrogens (tertiary/aromatic N) is 1. The number of benzene rings is 1. The fourth-order valence-corrected chi connectivity index (χ4v) is 5.17. The molecule has 0 aliphatic carbocycles. The Morgan fingerprint density at radius 1 is 1.00 bits per heavy atom. The van der Waals surface area contributed by atoms with Gasteiger partial charge >= 0.3 is 5.97 Å². The van der Waals surface area contributed by atoms with Crippen molar-refractivity contribution in [3.63, 3.8) is 0 Å². The Balaban J connectivity index is 2.06. The summed E-state index contributed by atoms with van der Waals surface area (Å²) in [5, 5.41) is 8.54. The smallest absolute Gasteiger partial charge is 0.303 e. The molecule has 1 heterocycles. The lowest BCUT2D eigenvalue weighted by atomic mass is 10.2. The summed E-state index contributed by atoms with van der Waals surface area (Å²) in [6.07, 6.45) is 2.71. The van der Waals surface area contributed by atoms with E-state index in [1.54, 1.807) is 0 Å². The second-order valence-electron chi connectivity index (χ2n) is 5.83. The van der Waals surface area contributed by atoms with Gasteiger partial charge in [-0.3, -0.25) is 4.79 Å². The molecule has 0 spiro atoms. The van der Waals surface area contributed by atoms with Gasteiger partial charge in [0.05, 0.1) is 9.79 Å². The van der Waals surface area contributed by atoms with Gasteiger partial charge in [-0.1, -0.05) is 6.42 Å². The summed E-state index contributed by atoms with van der Waals surface area (Å²) in [6, 6.07) is 5.07. The Morgan fingerprint density at radius 2 is 1.56 bits per heavy atom. The molecule has 140 valence electrons. The van der Waals surface area contributed by atoms with E-state index in [0.29, 0.717) is 13.1 Å². The molecule has 25 heavy (non-hydrogen) atoms. The van der Waals surface area contributed by atoms with E-state index in [4.69, 9.17) is 5.11 Å². The maximum absolute atomic E-state index is 12.5. The zero-order chi connectivity index (χ0) is 18.5. The van der Waals surface area contributed by atoms with Crippen LogP contribution in [0.1, 0.15) is 32.1 Å². The molecule has 1 aromatic rings. The van der Waals surface area contributed by atoms with Crippen molar-refractivity contribution < 1.29 is 26.7 Å². The lowest BCUT2D eigenvalue weighted by Crippen LogP contribution is -2.35. The minimum atomic E-state index is -3.80.